The van der Waals surface area contributed by atoms with Crippen LogP contribution in [-0.2, 0) is 30.6 Å². The predicted octanol–water partition coefficient (Wildman–Crippen LogP) is 4.48. The maximum absolute atomic E-state index is 16.2. The van der Waals surface area contributed by atoms with Crippen molar-refractivity contribution >= 4 is 58.1 Å². The van der Waals surface area contributed by atoms with Gasteiger partial charge in [-0.25, -0.2) is 14.5 Å². The van der Waals surface area contributed by atoms with Gasteiger partial charge in [-0.2, -0.15) is 9.97 Å². The number of anilines is 2. The number of nitrogens with one attached hydrogen (secondary N) is 2. The Bertz CT molecular complexity index is 1780. The summed E-state index contributed by atoms with van der Waals surface area (Å²) >= 11 is 5.91. The van der Waals surface area contributed by atoms with E-state index in [4.69, 9.17) is 36.1 Å². The first-order valence-corrected chi connectivity index (χ1v) is 17.3. The number of halogens is 1. The van der Waals surface area contributed by atoms with Crippen molar-refractivity contribution < 1.29 is 32.8 Å². The number of esters is 1. The van der Waals surface area contributed by atoms with Crippen molar-refractivity contribution in [3.05, 3.63) is 48.8 Å². The molecule has 0 saturated carbocycles. The van der Waals surface area contributed by atoms with Gasteiger partial charge in [0.1, 0.15) is 24.0 Å². The van der Waals surface area contributed by atoms with Crippen LogP contribution in [0.5, 0.6) is 5.75 Å². The molecule has 0 amide bonds. The molecule has 2 aromatic carbocycles. The smallest absolute Gasteiger partial charge is 0.323 e. The number of benzene rings is 2. The molecule has 4 aromatic rings. The molecule has 1 fully saturated rings. The third kappa shape index (κ3) is 7.09. The lowest BCUT2D eigenvalue weighted by molar-refractivity contribution is -0.148. The second kappa shape index (κ2) is 13.0. The lowest BCUT2D eigenvalue weighted by Crippen LogP contribution is -2.41. The molecule has 1 aliphatic heterocycles. The molecular weight excluding hydrogens is 636 g/mol. The van der Waals surface area contributed by atoms with E-state index < -0.39 is 42.8 Å². The van der Waals surface area contributed by atoms with Crippen LogP contribution in [-0.4, -0.2) is 74.8 Å². The van der Waals surface area contributed by atoms with Crippen molar-refractivity contribution in [3.8, 4) is 5.75 Å². The molecule has 3 heterocycles. The van der Waals surface area contributed by atoms with E-state index in [0.717, 1.165) is 10.8 Å². The molecular formula is C30H39FN7O6PS. The molecule has 5 N–H and O–H groups in total. The number of fused-ring (bicyclic) bond motifs is 2. The molecule has 1 saturated heterocycles. The van der Waals surface area contributed by atoms with Crippen molar-refractivity contribution in [2.24, 2.45) is 5.41 Å². The Labute approximate surface area is 271 Å². The molecule has 46 heavy (non-hydrogen) atoms. The number of aromatic nitrogens is 4. The number of carbonyl (C=O) groups excluding carboxylic acids is 1. The SMILES string of the molecule is CNc1nc(N)nc2c1ncn2C1OC(COP(=S)(N[C@H](C)C(=O)OCC(C)(C)C)Oc2cccc3ccccc23)[C@@H](O)[C@@]1(C)F. The fourth-order valence-electron chi connectivity index (χ4n) is 5.00. The number of ether oxygens (including phenoxy) is 2. The Hall–Kier alpha value is -3.46. The molecule has 5 rings (SSSR count). The number of carbonyl (C=O) groups is 1. The van der Waals surface area contributed by atoms with E-state index in [1.807, 2.05) is 57.2 Å². The van der Waals surface area contributed by atoms with Gasteiger partial charge in [-0.05, 0) is 42.5 Å². The molecule has 0 spiro atoms. The largest absolute Gasteiger partial charge is 0.464 e. The number of nitrogens with two attached hydrogens (primary N) is 1. The van der Waals surface area contributed by atoms with Crippen molar-refractivity contribution in [2.75, 3.05) is 31.3 Å². The summed E-state index contributed by atoms with van der Waals surface area (Å²) in [7, 11) is 1.65. The van der Waals surface area contributed by atoms with E-state index in [1.54, 1.807) is 20.0 Å². The van der Waals surface area contributed by atoms with E-state index >= 15 is 4.39 Å². The number of imidazole rings is 1. The van der Waals surface area contributed by atoms with Crippen molar-refractivity contribution in [2.45, 2.75) is 64.8 Å². The number of aliphatic hydroxyl groups excluding tert-OH is 1. The molecule has 0 aliphatic carbocycles. The average Bonchev–Trinajstić information content (AvgIpc) is 3.51. The zero-order chi connectivity index (χ0) is 33.4. The van der Waals surface area contributed by atoms with Gasteiger partial charge in [0.05, 0.1) is 19.5 Å². The van der Waals surface area contributed by atoms with E-state index in [9.17, 15) is 9.90 Å². The number of nitrogen functional groups attached to an aromatic ring is 1. The van der Waals surface area contributed by atoms with E-state index in [1.165, 1.54) is 17.8 Å². The Morgan fingerprint density at radius 3 is 2.70 bits per heavy atom. The van der Waals surface area contributed by atoms with Gasteiger partial charge in [0.2, 0.25) is 5.95 Å². The van der Waals surface area contributed by atoms with Crippen molar-refractivity contribution in [1.82, 2.24) is 24.6 Å². The van der Waals surface area contributed by atoms with Crippen molar-refractivity contribution in [1.29, 1.82) is 0 Å². The molecule has 6 atom stereocenters. The van der Waals surface area contributed by atoms with Crippen LogP contribution in [0.25, 0.3) is 21.9 Å². The summed E-state index contributed by atoms with van der Waals surface area (Å²) < 4.78 is 41.6. The minimum atomic E-state index is -3.57. The monoisotopic (exact) mass is 675 g/mol. The van der Waals surface area contributed by atoms with Crippen LogP contribution in [0, 0.1) is 5.41 Å². The van der Waals surface area contributed by atoms with Gasteiger partial charge in [0.25, 0.3) is 0 Å². The molecule has 1 aliphatic rings. The Morgan fingerprint density at radius 2 is 1.98 bits per heavy atom. The van der Waals surface area contributed by atoms with Crippen molar-refractivity contribution in [3.63, 3.8) is 0 Å². The molecule has 13 nitrogen and oxygen atoms in total. The quantitative estimate of drug-likeness (QED) is 0.130. The van der Waals surface area contributed by atoms with Gasteiger partial charge >= 0.3 is 12.6 Å². The van der Waals surface area contributed by atoms with Gasteiger partial charge in [-0.1, -0.05) is 57.2 Å². The Morgan fingerprint density at radius 1 is 1.26 bits per heavy atom. The van der Waals surface area contributed by atoms with Crippen LogP contribution in [0.1, 0.15) is 40.8 Å². The molecule has 0 radical (unpaired) electrons. The highest BCUT2D eigenvalue weighted by Crippen LogP contribution is 2.49. The summed E-state index contributed by atoms with van der Waals surface area (Å²) in [6, 6.07) is 12.1. The summed E-state index contributed by atoms with van der Waals surface area (Å²) in [5.41, 5.74) is 3.88. The van der Waals surface area contributed by atoms with E-state index in [0.29, 0.717) is 17.1 Å². The van der Waals surface area contributed by atoms with Gasteiger partial charge in [0.15, 0.2) is 28.9 Å². The van der Waals surface area contributed by atoms with E-state index in [-0.39, 0.29) is 30.2 Å². The minimum Gasteiger partial charge on any atom is -0.464 e. The second-order valence-electron chi connectivity index (χ2n) is 12.5. The fourth-order valence-corrected chi connectivity index (χ4v) is 7.42. The summed E-state index contributed by atoms with van der Waals surface area (Å²) in [6.45, 7) is 4.89. The maximum atomic E-state index is 16.2. The second-order valence-corrected chi connectivity index (χ2v) is 15.6. The highest BCUT2D eigenvalue weighted by atomic mass is 32.5. The van der Waals surface area contributed by atoms with Crippen LogP contribution in [0.2, 0.25) is 0 Å². The Kier molecular flexibility index (Phi) is 9.56. The van der Waals surface area contributed by atoms with Gasteiger partial charge in [-0.3, -0.25) is 9.36 Å². The topological polar surface area (TPSA) is 168 Å². The van der Waals surface area contributed by atoms with Gasteiger partial charge in [0, 0.05) is 12.4 Å². The summed E-state index contributed by atoms with van der Waals surface area (Å²) in [5, 5.41) is 18.7. The summed E-state index contributed by atoms with van der Waals surface area (Å²) in [5.74, 6) is 0.183. The summed E-state index contributed by atoms with van der Waals surface area (Å²) in [6.07, 6.45) is -2.84. The van der Waals surface area contributed by atoms with Gasteiger partial charge < -0.3 is 34.7 Å². The average molecular weight is 676 g/mol. The number of aliphatic hydroxyl groups is 1. The first-order chi connectivity index (χ1) is 21.6. The summed E-state index contributed by atoms with van der Waals surface area (Å²) in [4.78, 5) is 25.5. The molecule has 2 aromatic heterocycles. The number of alkyl halides is 1. The van der Waals surface area contributed by atoms with Crippen LogP contribution in [0.4, 0.5) is 16.2 Å². The third-order valence-corrected chi connectivity index (χ3v) is 9.86. The predicted molar refractivity (Wildman–Crippen MR) is 177 cm³/mol. The lowest BCUT2D eigenvalue weighted by Gasteiger charge is -2.29. The fraction of sp³-hybridized carbons (Fsp3) is 0.467. The third-order valence-electron chi connectivity index (χ3n) is 7.37. The first-order valence-electron chi connectivity index (χ1n) is 14.7. The van der Waals surface area contributed by atoms with Crippen LogP contribution in [0.3, 0.4) is 0 Å². The van der Waals surface area contributed by atoms with Crippen LogP contribution in [0.15, 0.2) is 48.8 Å². The standard InChI is InChI=1S/C30H39FN7O6PS/c1-17(26(40)41-15-29(2,3)4)37-45(46,44-20-13-9-11-18-10-7-8-12-19(18)20)42-14-21-23(39)30(5,31)27(43-21)38-16-34-22-24(33-6)35-28(32)36-25(22)38/h7-13,16-17,21,23,27,39H,14-15H2,1-6H3,(H,37,46)(H3,32,33,35,36)/t17-,21?,23-,27?,30-,45?/m1/s1. The number of nitrogens with zero attached hydrogens (tertiary/aromatic N) is 4. The number of rotatable bonds is 11. The Balaban J connectivity index is 1.40. The highest BCUT2D eigenvalue weighted by molar-refractivity contribution is 8.09. The maximum Gasteiger partial charge on any atom is 0.323 e. The molecule has 0 bridgehead atoms. The van der Waals surface area contributed by atoms with Gasteiger partial charge in [-0.15, -0.1) is 0 Å². The highest BCUT2D eigenvalue weighted by Gasteiger charge is 2.56. The normalized spacial score (nSPS) is 23.7. The first kappa shape index (κ1) is 33.9. The molecule has 16 heteroatoms. The molecule has 248 valence electrons. The minimum absolute atomic E-state index is 0.0508. The zero-order valence-electron chi connectivity index (χ0n) is 26.4. The number of hydrogen-bond donors (Lipinski definition) is 4. The van der Waals surface area contributed by atoms with E-state index in [2.05, 4.69) is 25.4 Å². The zero-order valence-corrected chi connectivity index (χ0v) is 28.1. The number of hydrogen-bond acceptors (Lipinski definition) is 12. The lowest BCUT2D eigenvalue weighted by atomic mass is 9.98. The van der Waals surface area contributed by atoms with Crippen LogP contribution >= 0.6 is 6.64 Å². The van der Waals surface area contributed by atoms with Crippen LogP contribution < -0.4 is 20.7 Å². The molecule has 3 unspecified atom stereocenters.